The second-order valence-electron chi connectivity index (χ2n) is 5.62. The summed E-state index contributed by atoms with van der Waals surface area (Å²) in [6.07, 6.45) is 7.72. The molecule has 0 amide bonds. The van der Waals surface area contributed by atoms with Crippen LogP contribution in [-0.4, -0.2) is 6.54 Å². The van der Waals surface area contributed by atoms with Gasteiger partial charge in [0.2, 0.25) is 0 Å². The molecule has 3 rings (SSSR count). The van der Waals surface area contributed by atoms with E-state index in [1.54, 1.807) is 0 Å². The quantitative estimate of drug-likeness (QED) is 0.819. The van der Waals surface area contributed by atoms with Gasteiger partial charge in [0.1, 0.15) is 0 Å². The molecule has 0 aromatic heterocycles. The molecule has 2 heteroatoms. The average molecular weight is 288 g/mol. The fourth-order valence-electron chi connectivity index (χ4n) is 2.58. The van der Waals surface area contributed by atoms with Crippen LogP contribution in [0.2, 0.25) is 0 Å². The minimum atomic E-state index is 0.709. The fraction of sp³-hybridized carbons (Fsp3) is 0.200. The number of benzene rings is 2. The molecule has 0 unspecified atom stereocenters. The van der Waals surface area contributed by atoms with E-state index >= 15 is 0 Å². The number of aryl methyl sites for hydroxylation is 1. The maximum atomic E-state index is 5.64. The molecule has 22 heavy (non-hydrogen) atoms. The summed E-state index contributed by atoms with van der Waals surface area (Å²) in [5.41, 5.74) is 7.35. The van der Waals surface area contributed by atoms with Crippen molar-refractivity contribution in [1.29, 1.82) is 0 Å². The zero-order valence-electron chi connectivity index (χ0n) is 12.8. The zero-order chi connectivity index (χ0) is 15.4. The van der Waals surface area contributed by atoms with E-state index in [0.29, 0.717) is 6.54 Å². The van der Waals surface area contributed by atoms with Crippen molar-refractivity contribution >= 4 is 11.8 Å². The van der Waals surface area contributed by atoms with Crippen LogP contribution in [0.3, 0.4) is 0 Å². The van der Waals surface area contributed by atoms with E-state index in [-0.39, 0.29) is 0 Å². The Kier molecular flexibility index (Phi) is 4.27. The molecule has 0 saturated carbocycles. The Balaban J connectivity index is 1.60. The minimum absolute atomic E-state index is 0.709. The first-order chi connectivity index (χ1) is 10.8. The summed E-state index contributed by atoms with van der Waals surface area (Å²) in [5, 5.41) is 6.71. The zero-order valence-corrected chi connectivity index (χ0v) is 12.8. The molecule has 1 aliphatic heterocycles. The summed E-state index contributed by atoms with van der Waals surface area (Å²) in [6, 6.07) is 14.8. The SMILES string of the molecule is C#C/C(=C\c1ccccc1C)CNCc1ccc2c(c1)CN2. The van der Waals surface area contributed by atoms with Crippen molar-refractivity contribution in [3.8, 4) is 12.3 Å². The lowest BCUT2D eigenvalue weighted by Crippen LogP contribution is -2.18. The number of hydrogen-bond acceptors (Lipinski definition) is 2. The highest BCUT2D eigenvalue weighted by atomic mass is 14.9. The average Bonchev–Trinajstić information content (AvgIpc) is 2.50. The summed E-state index contributed by atoms with van der Waals surface area (Å²) < 4.78 is 0. The third-order valence-electron chi connectivity index (χ3n) is 3.99. The molecule has 0 bridgehead atoms. The van der Waals surface area contributed by atoms with Crippen LogP contribution >= 0.6 is 0 Å². The highest BCUT2D eigenvalue weighted by Gasteiger charge is 2.11. The van der Waals surface area contributed by atoms with E-state index in [4.69, 9.17) is 6.42 Å². The molecule has 2 aromatic rings. The molecule has 0 saturated heterocycles. The summed E-state index contributed by atoms with van der Waals surface area (Å²) >= 11 is 0. The fourth-order valence-corrected chi connectivity index (χ4v) is 2.58. The topological polar surface area (TPSA) is 24.1 Å². The Morgan fingerprint density at radius 3 is 2.86 bits per heavy atom. The Bertz CT molecular complexity index is 751. The van der Waals surface area contributed by atoms with Crippen LogP contribution < -0.4 is 10.6 Å². The van der Waals surface area contributed by atoms with Gasteiger partial charge >= 0.3 is 0 Å². The monoisotopic (exact) mass is 288 g/mol. The Labute approximate surface area is 132 Å². The van der Waals surface area contributed by atoms with Gasteiger partial charge in [-0.2, -0.15) is 0 Å². The summed E-state index contributed by atoms with van der Waals surface area (Å²) in [5.74, 6) is 2.78. The first-order valence-electron chi connectivity index (χ1n) is 7.55. The van der Waals surface area contributed by atoms with Crippen LogP contribution in [0.4, 0.5) is 5.69 Å². The molecule has 0 aliphatic carbocycles. The van der Waals surface area contributed by atoms with Crippen LogP contribution in [0.5, 0.6) is 0 Å². The summed E-state index contributed by atoms with van der Waals surface area (Å²) in [4.78, 5) is 0. The van der Waals surface area contributed by atoms with Crippen LogP contribution in [0.15, 0.2) is 48.0 Å². The van der Waals surface area contributed by atoms with E-state index in [1.807, 2.05) is 12.1 Å². The highest BCUT2D eigenvalue weighted by Crippen LogP contribution is 2.26. The lowest BCUT2D eigenvalue weighted by Gasteiger charge is -2.22. The third kappa shape index (κ3) is 3.21. The Morgan fingerprint density at radius 2 is 2.18 bits per heavy atom. The number of hydrogen-bond donors (Lipinski definition) is 2. The largest absolute Gasteiger partial charge is 0.381 e. The van der Waals surface area contributed by atoms with E-state index in [2.05, 4.69) is 59.9 Å². The summed E-state index contributed by atoms with van der Waals surface area (Å²) in [7, 11) is 0. The van der Waals surface area contributed by atoms with E-state index in [0.717, 1.165) is 18.7 Å². The predicted molar refractivity (Wildman–Crippen MR) is 93.5 cm³/mol. The number of rotatable bonds is 5. The maximum absolute atomic E-state index is 5.64. The normalized spacial score (nSPS) is 12.8. The predicted octanol–water partition coefficient (Wildman–Crippen LogP) is 3.73. The molecule has 0 spiro atoms. The molecular formula is C20H20N2. The molecule has 0 atom stereocenters. The van der Waals surface area contributed by atoms with Crippen molar-refractivity contribution in [2.75, 3.05) is 11.9 Å². The van der Waals surface area contributed by atoms with Gasteiger partial charge in [0.25, 0.3) is 0 Å². The first kappa shape index (κ1) is 14.4. The van der Waals surface area contributed by atoms with Gasteiger partial charge in [0.15, 0.2) is 0 Å². The van der Waals surface area contributed by atoms with Crippen molar-refractivity contribution in [1.82, 2.24) is 5.32 Å². The Hall–Kier alpha value is -2.50. The third-order valence-corrected chi connectivity index (χ3v) is 3.99. The molecule has 0 radical (unpaired) electrons. The standard InChI is InChI=1S/C20H20N2/c1-3-16(10-18-7-5-4-6-15(18)2)12-21-13-17-8-9-20-19(11-17)14-22-20/h1,4-11,21-22H,12-14H2,2H3/b16-10+. The van der Waals surface area contributed by atoms with Gasteiger partial charge in [-0.25, -0.2) is 0 Å². The minimum Gasteiger partial charge on any atom is -0.381 e. The Morgan fingerprint density at radius 1 is 1.32 bits per heavy atom. The lowest BCUT2D eigenvalue weighted by atomic mass is 10.0. The van der Waals surface area contributed by atoms with Gasteiger partial charge in [-0.1, -0.05) is 42.3 Å². The van der Waals surface area contributed by atoms with Gasteiger partial charge in [-0.05, 0) is 41.3 Å². The number of nitrogens with one attached hydrogen (secondary N) is 2. The van der Waals surface area contributed by atoms with E-state index < -0.39 is 0 Å². The number of fused-ring (bicyclic) bond motifs is 1. The molecule has 110 valence electrons. The van der Waals surface area contributed by atoms with Crippen molar-refractivity contribution in [2.45, 2.75) is 20.0 Å². The van der Waals surface area contributed by atoms with Crippen molar-refractivity contribution in [2.24, 2.45) is 0 Å². The van der Waals surface area contributed by atoms with E-state index in [1.165, 1.54) is 27.9 Å². The van der Waals surface area contributed by atoms with Crippen LogP contribution in [0.1, 0.15) is 22.3 Å². The molecule has 2 aromatic carbocycles. The van der Waals surface area contributed by atoms with Crippen molar-refractivity contribution in [3.63, 3.8) is 0 Å². The number of anilines is 1. The summed E-state index contributed by atoms with van der Waals surface area (Å²) in [6.45, 7) is 4.62. The molecule has 1 aliphatic rings. The van der Waals surface area contributed by atoms with Crippen LogP contribution in [-0.2, 0) is 13.1 Å². The van der Waals surface area contributed by atoms with Gasteiger partial charge in [-0.3, -0.25) is 0 Å². The maximum Gasteiger partial charge on any atom is 0.0421 e. The van der Waals surface area contributed by atoms with Crippen molar-refractivity contribution < 1.29 is 0 Å². The van der Waals surface area contributed by atoms with E-state index in [9.17, 15) is 0 Å². The second-order valence-corrected chi connectivity index (χ2v) is 5.62. The van der Waals surface area contributed by atoms with Crippen molar-refractivity contribution in [3.05, 3.63) is 70.3 Å². The number of terminal acetylenes is 1. The second kappa shape index (κ2) is 6.51. The highest BCUT2D eigenvalue weighted by molar-refractivity contribution is 5.61. The van der Waals surface area contributed by atoms with Gasteiger partial charge in [-0.15, -0.1) is 6.42 Å². The van der Waals surface area contributed by atoms with Crippen LogP contribution in [0.25, 0.3) is 6.08 Å². The van der Waals surface area contributed by atoms with Gasteiger partial charge in [0.05, 0.1) is 0 Å². The molecule has 0 fully saturated rings. The molecule has 1 heterocycles. The van der Waals surface area contributed by atoms with Crippen LogP contribution in [0, 0.1) is 19.3 Å². The van der Waals surface area contributed by atoms with Gasteiger partial charge in [0, 0.05) is 30.9 Å². The van der Waals surface area contributed by atoms with Gasteiger partial charge < -0.3 is 10.6 Å². The molecule has 2 nitrogen and oxygen atoms in total. The molecule has 2 N–H and O–H groups in total. The smallest absolute Gasteiger partial charge is 0.0421 e. The molecular weight excluding hydrogens is 268 g/mol. The lowest BCUT2D eigenvalue weighted by molar-refractivity contribution is 0.749. The first-order valence-corrected chi connectivity index (χ1v) is 7.55.